The van der Waals surface area contributed by atoms with Crippen LogP contribution in [0, 0.1) is 0 Å². The smallest absolute Gasteiger partial charge is 0.0361 e. The zero-order valence-electron chi connectivity index (χ0n) is 16.6. The third kappa shape index (κ3) is 2.28. The second kappa shape index (κ2) is 5.96. The number of fused-ring (bicyclic) bond motifs is 2. The molecular weight excluding hydrogens is 350 g/mol. The summed E-state index contributed by atoms with van der Waals surface area (Å²) in [4.78, 5) is 2.14. The van der Waals surface area contributed by atoms with E-state index in [0.717, 1.165) is 0 Å². The average Bonchev–Trinajstić information content (AvgIpc) is 2.77. The third-order valence-corrected chi connectivity index (χ3v) is 6.22. The van der Waals surface area contributed by atoms with Gasteiger partial charge in [-0.1, -0.05) is 78.9 Å². The van der Waals surface area contributed by atoms with E-state index in [1.807, 2.05) is 0 Å². The Morgan fingerprint density at radius 2 is 1.03 bits per heavy atom. The molecule has 6 rings (SSSR count). The van der Waals surface area contributed by atoms with E-state index < -0.39 is 0 Å². The number of anilines is 1. The highest BCUT2D eigenvalue weighted by Gasteiger charge is 2.14. The maximum absolute atomic E-state index is 2.31. The van der Waals surface area contributed by atoms with Gasteiger partial charge in [-0.15, -0.1) is 0 Å². The summed E-state index contributed by atoms with van der Waals surface area (Å²) in [5.41, 5.74) is 3.77. The van der Waals surface area contributed by atoms with Gasteiger partial charge in [-0.05, 0) is 66.3 Å². The highest BCUT2D eigenvalue weighted by atomic mass is 15.1. The number of hydrogen-bond acceptors (Lipinski definition) is 1. The van der Waals surface area contributed by atoms with E-state index in [4.69, 9.17) is 0 Å². The van der Waals surface area contributed by atoms with Gasteiger partial charge in [0.15, 0.2) is 0 Å². The van der Waals surface area contributed by atoms with Crippen molar-refractivity contribution in [3.8, 4) is 11.1 Å². The highest BCUT2D eigenvalue weighted by molar-refractivity contribution is 6.34. The molecular formula is C28H21N. The van der Waals surface area contributed by atoms with Crippen LogP contribution < -0.4 is 4.90 Å². The highest BCUT2D eigenvalue weighted by Crippen LogP contribution is 2.42. The van der Waals surface area contributed by atoms with Gasteiger partial charge < -0.3 is 4.90 Å². The van der Waals surface area contributed by atoms with Crippen LogP contribution in [0.15, 0.2) is 91.0 Å². The maximum atomic E-state index is 2.31. The lowest BCUT2D eigenvalue weighted by molar-refractivity contribution is 1.13. The number of nitrogens with zero attached hydrogens (tertiary/aromatic N) is 1. The fraction of sp³-hybridized carbons (Fsp3) is 0.0714. The fourth-order valence-electron chi connectivity index (χ4n) is 4.84. The molecule has 138 valence electrons. The predicted molar refractivity (Wildman–Crippen MR) is 127 cm³/mol. The number of benzene rings is 6. The van der Waals surface area contributed by atoms with E-state index in [2.05, 4.69) is 110 Å². The largest absolute Gasteiger partial charge is 0.378 e. The molecule has 29 heavy (non-hydrogen) atoms. The fourth-order valence-corrected chi connectivity index (χ4v) is 4.84. The van der Waals surface area contributed by atoms with Gasteiger partial charge >= 0.3 is 0 Å². The average molecular weight is 371 g/mol. The summed E-state index contributed by atoms with van der Waals surface area (Å²) in [7, 11) is 4.16. The molecule has 0 aliphatic rings. The third-order valence-electron chi connectivity index (χ3n) is 6.22. The molecule has 0 aromatic heterocycles. The Hall–Kier alpha value is -3.58. The summed E-state index contributed by atoms with van der Waals surface area (Å²) in [6, 6.07) is 33.5. The minimum Gasteiger partial charge on any atom is -0.378 e. The lowest BCUT2D eigenvalue weighted by Crippen LogP contribution is -2.07. The van der Waals surface area contributed by atoms with Crippen molar-refractivity contribution in [1.29, 1.82) is 0 Å². The van der Waals surface area contributed by atoms with Gasteiger partial charge in [0.1, 0.15) is 0 Å². The first-order valence-corrected chi connectivity index (χ1v) is 10.1. The van der Waals surface area contributed by atoms with Crippen molar-refractivity contribution in [2.75, 3.05) is 19.0 Å². The second-order valence-corrected chi connectivity index (χ2v) is 8.04. The molecule has 0 unspecified atom stereocenters. The first-order valence-electron chi connectivity index (χ1n) is 10.1. The quantitative estimate of drug-likeness (QED) is 0.225. The van der Waals surface area contributed by atoms with Crippen LogP contribution in [0.5, 0.6) is 0 Å². The van der Waals surface area contributed by atoms with Gasteiger partial charge in [-0.2, -0.15) is 0 Å². The Balaban J connectivity index is 1.75. The molecule has 0 heterocycles. The monoisotopic (exact) mass is 371 g/mol. The molecule has 0 fully saturated rings. The van der Waals surface area contributed by atoms with E-state index in [9.17, 15) is 0 Å². The summed E-state index contributed by atoms with van der Waals surface area (Å²) in [5.74, 6) is 0. The van der Waals surface area contributed by atoms with Gasteiger partial charge in [0.05, 0.1) is 0 Å². The van der Waals surface area contributed by atoms with Crippen molar-refractivity contribution >= 4 is 48.8 Å². The molecule has 0 radical (unpaired) electrons. The van der Waals surface area contributed by atoms with E-state index in [1.54, 1.807) is 0 Å². The number of hydrogen-bond donors (Lipinski definition) is 0. The molecule has 0 atom stereocenters. The molecule has 0 amide bonds. The topological polar surface area (TPSA) is 3.24 Å². The molecule has 1 heteroatoms. The van der Waals surface area contributed by atoms with Gasteiger partial charge in [0, 0.05) is 19.8 Å². The second-order valence-electron chi connectivity index (χ2n) is 8.04. The first kappa shape index (κ1) is 16.4. The summed E-state index contributed by atoms with van der Waals surface area (Å²) < 4.78 is 0. The van der Waals surface area contributed by atoms with Crippen LogP contribution in [0.2, 0.25) is 0 Å². The molecule has 1 nitrogen and oxygen atoms in total. The summed E-state index contributed by atoms with van der Waals surface area (Å²) in [6.45, 7) is 0. The van der Waals surface area contributed by atoms with Crippen molar-refractivity contribution < 1.29 is 0 Å². The van der Waals surface area contributed by atoms with Crippen LogP contribution in [0.4, 0.5) is 5.69 Å². The van der Waals surface area contributed by atoms with Crippen molar-refractivity contribution in [3.05, 3.63) is 91.0 Å². The predicted octanol–water partition coefficient (Wildman–Crippen LogP) is 7.47. The van der Waals surface area contributed by atoms with E-state index in [1.165, 1.54) is 59.9 Å². The standard InChI is InChI=1S/C28H21N/c1-29(2)20-14-12-18(13-15-20)21-16-17-26-24-9-4-7-19-6-3-8-23(27(19)24)25-11-5-10-22(21)28(25)26/h3-17H,1-2H3. The Kier molecular flexibility index (Phi) is 3.36. The Bertz CT molecular complexity index is 1460. The molecule has 0 aliphatic carbocycles. The molecule has 0 saturated heterocycles. The normalized spacial score (nSPS) is 11.8. The zero-order valence-corrected chi connectivity index (χ0v) is 16.6. The summed E-state index contributed by atoms with van der Waals surface area (Å²) in [6.07, 6.45) is 0. The van der Waals surface area contributed by atoms with Crippen molar-refractivity contribution in [3.63, 3.8) is 0 Å². The van der Waals surface area contributed by atoms with Gasteiger partial charge in [0.2, 0.25) is 0 Å². The van der Waals surface area contributed by atoms with Crippen LogP contribution >= 0.6 is 0 Å². The molecule has 0 saturated carbocycles. The molecule has 0 N–H and O–H groups in total. The van der Waals surface area contributed by atoms with Crippen molar-refractivity contribution in [1.82, 2.24) is 0 Å². The lowest BCUT2D eigenvalue weighted by Gasteiger charge is -2.17. The lowest BCUT2D eigenvalue weighted by atomic mass is 9.87. The molecule has 0 aliphatic heterocycles. The molecule has 6 aromatic carbocycles. The van der Waals surface area contributed by atoms with E-state index >= 15 is 0 Å². The summed E-state index contributed by atoms with van der Waals surface area (Å²) in [5, 5.41) is 10.7. The Morgan fingerprint density at radius 1 is 0.483 bits per heavy atom. The number of rotatable bonds is 2. The zero-order chi connectivity index (χ0) is 19.5. The van der Waals surface area contributed by atoms with E-state index in [0.29, 0.717) is 0 Å². The van der Waals surface area contributed by atoms with E-state index in [-0.39, 0.29) is 0 Å². The van der Waals surface area contributed by atoms with Crippen LogP contribution in [-0.2, 0) is 0 Å². The molecule has 0 bridgehead atoms. The van der Waals surface area contributed by atoms with Gasteiger partial charge in [-0.25, -0.2) is 0 Å². The maximum Gasteiger partial charge on any atom is 0.0361 e. The Morgan fingerprint density at radius 3 is 1.69 bits per heavy atom. The summed E-state index contributed by atoms with van der Waals surface area (Å²) >= 11 is 0. The first-order chi connectivity index (χ1) is 14.2. The minimum atomic E-state index is 1.22. The van der Waals surface area contributed by atoms with Gasteiger partial charge in [0.25, 0.3) is 0 Å². The van der Waals surface area contributed by atoms with Crippen LogP contribution in [0.1, 0.15) is 0 Å². The SMILES string of the molecule is CN(C)c1ccc(-c2ccc3c4cccc5cccc(c6cccc2c63)c54)cc1. The van der Waals surface area contributed by atoms with Crippen LogP contribution in [0.3, 0.4) is 0 Å². The minimum absolute atomic E-state index is 1.22. The van der Waals surface area contributed by atoms with Crippen LogP contribution in [0.25, 0.3) is 54.2 Å². The van der Waals surface area contributed by atoms with Crippen molar-refractivity contribution in [2.24, 2.45) is 0 Å². The van der Waals surface area contributed by atoms with Crippen molar-refractivity contribution in [2.45, 2.75) is 0 Å². The Labute approximate surface area is 170 Å². The molecule has 6 aromatic rings. The van der Waals surface area contributed by atoms with Gasteiger partial charge in [-0.3, -0.25) is 0 Å². The molecule has 0 spiro atoms. The van der Waals surface area contributed by atoms with Crippen LogP contribution in [-0.4, -0.2) is 14.1 Å².